The Balaban J connectivity index is 1.81. The molecular formula is C12H20N6O. The van der Waals surface area contributed by atoms with Gasteiger partial charge in [-0.2, -0.15) is 15.0 Å². The smallest absolute Gasteiger partial charge is 0.232 e. The molecule has 0 spiro atoms. The molecule has 104 valence electrons. The Bertz CT molecular complexity index is 448. The Hall–Kier alpha value is -1.63. The van der Waals surface area contributed by atoms with Gasteiger partial charge in [-0.3, -0.25) is 0 Å². The van der Waals surface area contributed by atoms with E-state index in [1.807, 2.05) is 0 Å². The Labute approximate surface area is 112 Å². The van der Waals surface area contributed by atoms with Crippen LogP contribution in [0.15, 0.2) is 0 Å². The molecule has 0 radical (unpaired) electrons. The van der Waals surface area contributed by atoms with E-state index in [0.29, 0.717) is 17.8 Å². The summed E-state index contributed by atoms with van der Waals surface area (Å²) >= 11 is 0. The molecule has 0 aliphatic carbocycles. The highest BCUT2D eigenvalue weighted by Crippen LogP contribution is 2.22. The van der Waals surface area contributed by atoms with Gasteiger partial charge in [0.25, 0.3) is 0 Å². The lowest BCUT2D eigenvalue weighted by molar-refractivity contribution is 0.121. The fourth-order valence-corrected chi connectivity index (χ4v) is 2.67. The number of hydrogen-bond acceptors (Lipinski definition) is 7. The molecular weight excluding hydrogens is 244 g/mol. The Morgan fingerprint density at radius 1 is 1.05 bits per heavy atom. The molecule has 2 saturated heterocycles. The number of aromatic nitrogens is 3. The molecule has 0 bridgehead atoms. The van der Waals surface area contributed by atoms with Crippen molar-refractivity contribution < 1.29 is 4.74 Å². The zero-order chi connectivity index (χ0) is 13.2. The highest BCUT2D eigenvalue weighted by molar-refractivity contribution is 5.44. The van der Waals surface area contributed by atoms with Crippen molar-refractivity contribution in [1.29, 1.82) is 0 Å². The largest absolute Gasteiger partial charge is 0.380 e. The first kappa shape index (κ1) is 12.4. The van der Waals surface area contributed by atoms with Crippen LogP contribution >= 0.6 is 0 Å². The average molecular weight is 264 g/mol. The van der Waals surface area contributed by atoms with Crippen LogP contribution in [0.3, 0.4) is 0 Å². The third kappa shape index (κ3) is 2.56. The number of anilines is 3. The first-order valence-electron chi connectivity index (χ1n) is 6.80. The second kappa shape index (κ2) is 5.16. The van der Waals surface area contributed by atoms with E-state index >= 15 is 0 Å². The van der Waals surface area contributed by atoms with E-state index < -0.39 is 0 Å². The molecule has 1 aromatic rings. The summed E-state index contributed by atoms with van der Waals surface area (Å²) in [7, 11) is 1.74. The molecule has 2 aliphatic rings. The maximum atomic E-state index is 5.81. The number of methoxy groups -OCH3 is 1. The van der Waals surface area contributed by atoms with E-state index in [0.717, 1.165) is 32.6 Å². The second-order valence-electron chi connectivity index (χ2n) is 5.08. The van der Waals surface area contributed by atoms with Crippen LogP contribution in [0.25, 0.3) is 0 Å². The van der Waals surface area contributed by atoms with Crippen molar-refractivity contribution in [3.8, 4) is 0 Å². The van der Waals surface area contributed by atoms with Gasteiger partial charge in [-0.15, -0.1) is 0 Å². The molecule has 7 heteroatoms. The Morgan fingerprint density at radius 2 is 1.74 bits per heavy atom. The van der Waals surface area contributed by atoms with Gasteiger partial charge in [-0.25, -0.2) is 0 Å². The minimum absolute atomic E-state index is 0.258. The van der Waals surface area contributed by atoms with Crippen LogP contribution in [0.5, 0.6) is 0 Å². The molecule has 2 fully saturated rings. The molecule has 19 heavy (non-hydrogen) atoms. The number of nitrogens with two attached hydrogens (primary N) is 1. The minimum atomic E-state index is 0.258. The van der Waals surface area contributed by atoms with Crippen LogP contribution < -0.4 is 15.5 Å². The average Bonchev–Trinajstić information content (AvgIpc) is 3.09. The van der Waals surface area contributed by atoms with Crippen LogP contribution in [0, 0.1) is 0 Å². The van der Waals surface area contributed by atoms with Gasteiger partial charge in [0.05, 0.1) is 6.10 Å². The maximum absolute atomic E-state index is 5.81. The number of hydrogen-bond donors (Lipinski definition) is 1. The fourth-order valence-electron chi connectivity index (χ4n) is 2.67. The zero-order valence-electron chi connectivity index (χ0n) is 11.2. The molecule has 1 aromatic heterocycles. The normalized spacial score (nSPS) is 23.3. The van der Waals surface area contributed by atoms with E-state index in [-0.39, 0.29) is 6.10 Å². The maximum Gasteiger partial charge on any atom is 0.232 e. The highest BCUT2D eigenvalue weighted by atomic mass is 16.5. The van der Waals surface area contributed by atoms with Crippen LogP contribution in [0.2, 0.25) is 0 Å². The van der Waals surface area contributed by atoms with Gasteiger partial charge in [-0.05, 0) is 19.3 Å². The number of nitrogen functional groups attached to an aromatic ring is 1. The standard InChI is InChI=1S/C12H20N6O/c1-19-9-4-7-18(8-9)12-15-10(13)14-11(16-12)17-5-2-3-6-17/h9H,2-8H2,1H3,(H2,13,14,15,16). The van der Waals surface area contributed by atoms with Crippen molar-refractivity contribution in [2.75, 3.05) is 48.8 Å². The summed E-state index contributed by atoms with van der Waals surface area (Å²) in [6.07, 6.45) is 3.64. The highest BCUT2D eigenvalue weighted by Gasteiger charge is 2.26. The van der Waals surface area contributed by atoms with Gasteiger partial charge >= 0.3 is 0 Å². The molecule has 0 saturated carbocycles. The van der Waals surface area contributed by atoms with Crippen molar-refractivity contribution in [3.63, 3.8) is 0 Å². The number of rotatable bonds is 3. The quantitative estimate of drug-likeness (QED) is 0.839. The summed E-state index contributed by atoms with van der Waals surface area (Å²) in [4.78, 5) is 17.4. The molecule has 3 rings (SSSR count). The van der Waals surface area contributed by atoms with Crippen LogP contribution in [0.4, 0.5) is 17.8 Å². The molecule has 0 amide bonds. The molecule has 1 unspecified atom stereocenters. The van der Waals surface area contributed by atoms with Gasteiger partial charge in [0.1, 0.15) is 0 Å². The van der Waals surface area contributed by atoms with Gasteiger partial charge < -0.3 is 20.3 Å². The van der Waals surface area contributed by atoms with Crippen LogP contribution in [0.1, 0.15) is 19.3 Å². The van der Waals surface area contributed by atoms with Crippen molar-refractivity contribution >= 4 is 17.8 Å². The molecule has 0 aromatic carbocycles. The summed E-state index contributed by atoms with van der Waals surface area (Å²) in [6.45, 7) is 3.73. The third-order valence-corrected chi connectivity index (χ3v) is 3.78. The van der Waals surface area contributed by atoms with E-state index in [2.05, 4.69) is 24.8 Å². The predicted molar refractivity (Wildman–Crippen MR) is 73.3 cm³/mol. The second-order valence-corrected chi connectivity index (χ2v) is 5.08. The van der Waals surface area contributed by atoms with E-state index in [1.165, 1.54) is 12.8 Å². The van der Waals surface area contributed by atoms with Crippen LogP contribution in [-0.2, 0) is 4.74 Å². The SMILES string of the molecule is COC1CCN(c2nc(N)nc(N3CCCC3)n2)C1. The Kier molecular flexibility index (Phi) is 3.37. The van der Waals surface area contributed by atoms with Gasteiger partial charge in [0, 0.05) is 33.3 Å². The van der Waals surface area contributed by atoms with E-state index in [4.69, 9.17) is 10.5 Å². The van der Waals surface area contributed by atoms with E-state index in [1.54, 1.807) is 7.11 Å². The van der Waals surface area contributed by atoms with Gasteiger partial charge in [0.15, 0.2) is 0 Å². The van der Waals surface area contributed by atoms with Crippen molar-refractivity contribution in [3.05, 3.63) is 0 Å². The van der Waals surface area contributed by atoms with Crippen molar-refractivity contribution in [1.82, 2.24) is 15.0 Å². The molecule has 2 aliphatic heterocycles. The molecule has 2 N–H and O–H groups in total. The monoisotopic (exact) mass is 264 g/mol. The van der Waals surface area contributed by atoms with Crippen LogP contribution in [-0.4, -0.2) is 54.3 Å². The third-order valence-electron chi connectivity index (χ3n) is 3.78. The number of ether oxygens (including phenoxy) is 1. The first-order valence-corrected chi connectivity index (χ1v) is 6.80. The lowest BCUT2D eigenvalue weighted by atomic mass is 10.3. The van der Waals surface area contributed by atoms with Crippen molar-refractivity contribution in [2.45, 2.75) is 25.4 Å². The lowest BCUT2D eigenvalue weighted by Gasteiger charge is -2.20. The van der Waals surface area contributed by atoms with Crippen molar-refractivity contribution in [2.24, 2.45) is 0 Å². The fraction of sp³-hybridized carbons (Fsp3) is 0.750. The molecule has 3 heterocycles. The predicted octanol–water partition coefficient (Wildman–Crippen LogP) is 0.279. The van der Waals surface area contributed by atoms with Gasteiger partial charge in [-0.1, -0.05) is 0 Å². The lowest BCUT2D eigenvalue weighted by Crippen LogP contribution is -2.27. The van der Waals surface area contributed by atoms with Gasteiger partial charge in [0.2, 0.25) is 17.8 Å². The summed E-state index contributed by atoms with van der Waals surface area (Å²) in [5, 5.41) is 0. The summed E-state index contributed by atoms with van der Waals surface area (Å²) in [5.41, 5.74) is 5.81. The molecule has 7 nitrogen and oxygen atoms in total. The summed E-state index contributed by atoms with van der Waals surface area (Å²) in [6, 6.07) is 0. The van der Waals surface area contributed by atoms with E-state index in [9.17, 15) is 0 Å². The Morgan fingerprint density at radius 3 is 2.37 bits per heavy atom. The zero-order valence-corrected chi connectivity index (χ0v) is 11.2. The first-order chi connectivity index (χ1) is 9.26. The topological polar surface area (TPSA) is 80.4 Å². The summed E-state index contributed by atoms with van der Waals surface area (Å²) < 4.78 is 5.37. The minimum Gasteiger partial charge on any atom is -0.380 e. The summed E-state index contributed by atoms with van der Waals surface area (Å²) in [5.74, 6) is 1.68. The molecule has 1 atom stereocenters. The number of nitrogens with zero attached hydrogens (tertiary/aromatic N) is 5.